The van der Waals surface area contributed by atoms with Gasteiger partial charge in [0.2, 0.25) is 5.82 Å². The summed E-state index contributed by atoms with van der Waals surface area (Å²) in [6, 6.07) is 18.1. The van der Waals surface area contributed by atoms with E-state index >= 15 is 0 Å². The number of fused-ring (bicyclic) bond motifs is 1. The number of hydrogen-bond donors (Lipinski definition) is 2. The minimum absolute atomic E-state index is 0.0268. The first-order valence-corrected chi connectivity index (χ1v) is 8.93. The van der Waals surface area contributed by atoms with Crippen molar-refractivity contribution in [2.45, 2.75) is 6.92 Å². The maximum atomic E-state index is 13.4. The van der Waals surface area contributed by atoms with Gasteiger partial charge in [0.1, 0.15) is 5.82 Å². The van der Waals surface area contributed by atoms with Gasteiger partial charge in [-0.2, -0.15) is 0 Å². The molecule has 0 aliphatic heterocycles. The van der Waals surface area contributed by atoms with Gasteiger partial charge in [-0.05, 0) is 49.4 Å². The van der Waals surface area contributed by atoms with Crippen molar-refractivity contribution >= 4 is 28.7 Å². The third kappa shape index (κ3) is 3.84. The minimum atomic E-state index is -0.550. The van der Waals surface area contributed by atoms with Crippen LogP contribution in [0, 0.1) is 12.7 Å². The van der Waals surface area contributed by atoms with Crippen molar-refractivity contribution in [3.63, 3.8) is 0 Å². The first-order chi connectivity index (χ1) is 14.0. The molecule has 2 heterocycles. The summed E-state index contributed by atoms with van der Waals surface area (Å²) in [5.41, 5.74) is 2.61. The first-order valence-electron chi connectivity index (χ1n) is 8.93. The Balaban J connectivity index is 1.66. The molecule has 2 aromatic heterocycles. The Labute approximate surface area is 166 Å². The number of nitrogens with one attached hydrogen (secondary N) is 2. The van der Waals surface area contributed by atoms with Crippen LogP contribution >= 0.6 is 0 Å². The second kappa shape index (κ2) is 7.55. The molecule has 2 amide bonds. The number of benzene rings is 2. The van der Waals surface area contributed by atoms with Crippen LogP contribution in [0.2, 0.25) is 0 Å². The SMILES string of the molecule is Cc1ccc(NC(=O)c2nc(C(=O)Nc3cccc(F)c3)n3ccccc23)cc1. The molecule has 0 radical (unpaired) electrons. The number of hydrogen-bond acceptors (Lipinski definition) is 3. The zero-order valence-corrected chi connectivity index (χ0v) is 15.5. The first kappa shape index (κ1) is 18.4. The van der Waals surface area contributed by atoms with Crippen LogP contribution in [-0.4, -0.2) is 21.2 Å². The number of halogens is 1. The number of carbonyl (C=O) groups excluding carboxylic acids is 2. The van der Waals surface area contributed by atoms with Crippen LogP contribution in [0.1, 0.15) is 26.7 Å². The summed E-state index contributed by atoms with van der Waals surface area (Å²) in [5.74, 6) is -1.42. The topological polar surface area (TPSA) is 75.5 Å². The number of aromatic nitrogens is 2. The number of imidazole rings is 1. The maximum Gasteiger partial charge on any atom is 0.292 e. The van der Waals surface area contributed by atoms with E-state index in [0.717, 1.165) is 5.56 Å². The minimum Gasteiger partial charge on any atom is -0.321 e. The predicted octanol–water partition coefficient (Wildman–Crippen LogP) is 4.29. The normalized spacial score (nSPS) is 10.7. The molecular formula is C22H17FN4O2. The van der Waals surface area contributed by atoms with Gasteiger partial charge in [-0.25, -0.2) is 9.37 Å². The average Bonchev–Trinajstić information content (AvgIpc) is 3.10. The molecule has 0 bridgehead atoms. The van der Waals surface area contributed by atoms with Crippen molar-refractivity contribution in [3.8, 4) is 0 Å². The van der Waals surface area contributed by atoms with Gasteiger partial charge >= 0.3 is 0 Å². The third-order valence-electron chi connectivity index (χ3n) is 4.36. The third-order valence-corrected chi connectivity index (χ3v) is 4.36. The fraction of sp³-hybridized carbons (Fsp3) is 0.0455. The molecule has 29 heavy (non-hydrogen) atoms. The molecule has 4 aromatic rings. The molecule has 7 heteroatoms. The second-order valence-corrected chi connectivity index (χ2v) is 6.52. The van der Waals surface area contributed by atoms with Gasteiger partial charge < -0.3 is 10.6 Å². The van der Waals surface area contributed by atoms with Gasteiger partial charge in [-0.3, -0.25) is 14.0 Å². The Bertz CT molecular complexity index is 1220. The number of aryl methyl sites for hydroxylation is 1. The van der Waals surface area contributed by atoms with Crippen molar-refractivity contribution in [1.82, 2.24) is 9.38 Å². The van der Waals surface area contributed by atoms with Gasteiger partial charge in [0.25, 0.3) is 11.8 Å². The largest absolute Gasteiger partial charge is 0.321 e. The number of rotatable bonds is 4. The van der Waals surface area contributed by atoms with Gasteiger partial charge in [-0.15, -0.1) is 0 Å². The lowest BCUT2D eigenvalue weighted by Crippen LogP contribution is -2.16. The van der Waals surface area contributed by atoms with Gasteiger partial charge in [0.15, 0.2) is 5.69 Å². The molecule has 144 valence electrons. The number of nitrogens with zero attached hydrogens (tertiary/aromatic N) is 2. The smallest absolute Gasteiger partial charge is 0.292 e. The van der Waals surface area contributed by atoms with Crippen molar-refractivity contribution in [2.24, 2.45) is 0 Å². The van der Waals surface area contributed by atoms with E-state index in [1.165, 1.54) is 22.6 Å². The molecular weight excluding hydrogens is 371 g/mol. The molecule has 2 N–H and O–H groups in total. The van der Waals surface area contributed by atoms with E-state index in [0.29, 0.717) is 16.9 Å². The summed E-state index contributed by atoms with van der Waals surface area (Å²) in [5, 5.41) is 5.40. The van der Waals surface area contributed by atoms with E-state index in [1.807, 2.05) is 19.1 Å². The Kier molecular flexibility index (Phi) is 4.78. The molecule has 2 aromatic carbocycles. The number of amides is 2. The molecule has 0 aliphatic rings. The van der Waals surface area contributed by atoms with Crippen LogP contribution < -0.4 is 10.6 Å². The summed E-state index contributed by atoms with van der Waals surface area (Å²) in [4.78, 5) is 29.8. The molecule has 0 spiro atoms. The van der Waals surface area contributed by atoms with Crippen molar-refractivity contribution < 1.29 is 14.0 Å². The van der Waals surface area contributed by atoms with Crippen LogP contribution in [0.3, 0.4) is 0 Å². The Morgan fingerprint density at radius 1 is 0.897 bits per heavy atom. The van der Waals surface area contributed by atoms with Gasteiger partial charge in [-0.1, -0.05) is 29.8 Å². The van der Waals surface area contributed by atoms with Gasteiger partial charge in [0.05, 0.1) is 5.52 Å². The molecule has 0 aliphatic carbocycles. The standard InChI is InChI=1S/C22H17FN4O2/c1-14-8-10-16(11-9-14)24-21(28)19-18-7-2-3-12-27(18)20(26-19)22(29)25-17-6-4-5-15(23)13-17/h2-13H,1H3,(H,24,28)(H,25,29). The summed E-state index contributed by atoms with van der Waals surface area (Å²) in [7, 11) is 0. The Hall–Kier alpha value is -4.00. The van der Waals surface area contributed by atoms with E-state index in [1.54, 1.807) is 42.6 Å². The fourth-order valence-electron chi connectivity index (χ4n) is 2.95. The van der Waals surface area contributed by atoms with E-state index in [-0.39, 0.29) is 11.5 Å². The number of anilines is 2. The van der Waals surface area contributed by atoms with E-state index in [2.05, 4.69) is 15.6 Å². The molecule has 0 saturated carbocycles. The summed E-state index contributed by atoms with van der Waals surface area (Å²) < 4.78 is 14.9. The van der Waals surface area contributed by atoms with E-state index in [4.69, 9.17) is 0 Å². The summed E-state index contributed by atoms with van der Waals surface area (Å²) in [6.07, 6.45) is 1.64. The van der Waals surface area contributed by atoms with Crippen LogP contribution in [0.4, 0.5) is 15.8 Å². The fourth-order valence-corrected chi connectivity index (χ4v) is 2.95. The van der Waals surface area contributed by atoms with Gasteiger partial charge in [0, 0.05) is 17.6 Å². The zero-order valence-electron chi connectivity index (χ0n) is 15.5. The van der Waals surface area contributed by atoms with Crippen molar-refractivity contribution in [1.29, 1.82) is 0 Å². The predicted molar refractivity (Wildman–Crippen MR) is 109 cm³/mol. The molecule has 0 saturated heterocycles. The van der Waals surface area contributed by atoms with Crippen LogP contribution in [-0.2, 0) is 0 Å². The molecule has 0 fully saturated rings. The monoisotopic (exact) mass is 388 g/mol. The average molecular weight is 388 g/mol. The Morgan fingerprint density at radius 2 is 1.66 bits per heavy atom. The lowest BCUT2D eigenvalue weighted by molar-refractivity contribution is 0.101. The van der Waals surface area contributed by atoms with Crippen LogP contribution in [0.25, 0.3) is 5.52 Å². The second-order valence-electron chi connectivity index (χ2n) is 6.52. The lowest BCUT2D eigenvalue weighted by Gasteiger charge is -2.04. The van der Waals surface area contributed by atoms with E-state index in [9.17, 15) is 14.0 Å². The van der Waals surface area contributed by atoms with Crippen molar-refractivity contribution in [3.05, 3.63) is 95.8 Å². The van der Waals surface area contributed by atoms with Crippen LogP contribution in [0.5, 0.6) is 0 Å². The molecule has 0 atom stereocenters. The number of pyridine rings is 1. The molecule has 6 nitrogen and oxygen atoms in total. The summed E-state index contributed by atoms with van der Waals surface area (Å²) >= 11 is 0. The summed E-state index contributed by atoms with van der Waals surface area (Å²) in [6.45, 7) is 1.96. The highest BCUT2D eigenvalue weighted by Gasteiger charge is 2.21. The maximum absolute atomic E-state index is 13.4. The van der Waals surface area contributed by atoms with E-state index < -0.39 is 17.6 Å². The highest BCUT2D eigenvalue weighted by Crippen LogP contribution is 2.18. The quantitative estimate of drug-likeness (QED) is 0.548. The number of carbonyl (C=O) groups is 2. The van der Waals surface area contributed by atoms with Crippen molar-refractivity contribution in [2.75, 3.05) is 10.6 Å². The molecule has 0 unspecified atom stereocenters. The Morgan fingerprint density at radius 3 is 2.41 bits per heavy atom. The lowest BCUT2D eigenvalue weighted by atomic mass is 10.2. The highest BCUT2D eigenvalue weighted by molar-refractivity contribution is 6.10. The zero-order chi connectivity index (χ0) is 20.4. The van der Waals surface area contributed by atoms with Crippen LogP contribution in [0.15, 0.2) is 72.9 Å². The highest BCUT2D eigenvalue weighted by atomic mass is 19.1. The molecule has 4 rings (SSSR count).